The molecule has 9 nitrogen and oxygen atoms in total. The Morgan fingerprint density at radius 1 is 0.943 bits per heavy atom. The first-order valence-electron chi connectivity index (χ1n) is 11.5. The number of aryl methyl sites for hydroxylation is 1. The highest BCUT2D eigenvalue weighted by Crippen LogP contribution is 2.56. The lowest BCUT2D eigenvalue weighted by Gasteiger charge is -2.37. The fraction of sp³-hybridized carbons (Fsp3) is 0.385. The number of imidazole rings is 1. The van der Waals surface area contributed by atoms with E-state index in [1.165, 1.54) is 0 Å². The molecule has 35 heavy (non-hydrogen) atoms. The van der Waals surface area contributed by atoms with Crippen LogP contribution in [0.3, 0.4) is 0 Å². The third-order valence-electron chi connectivity index (χ3n) is 7.30. The SMILES string of the molecule is COc1cc([C@@H]2c3cc4c(cc3[C@@H](n3cc[n+](C)c3)[C@H]3COC(=O)[C@H]23)OCO4)cc(OC)c1OC. The van der Waals surface area contributed by atoms with Gasteiger partial charge in [0.2, 0.25) is 18.9 Å². The summed E-state index contributed by atoms with van der Waals surface area (Å²) in [6.07, 6.45) is 6.04. The number of rotatable bonds is 5. The number of carbonyl (C=O) groups is 1. The van der Waals surface area contributed by atoms with Crippen LogP contribution in [0.5, 0.6) is 28.7 Å². The van der Waals surface area contributed by atoms with E-state index in [0.29, 0.717) is 35.4 Å². The quantitative estimate of drug-likeness (QED) is 0.411. The van der Waals surface area contributed by atoms with E-state index >= 15 is 0 Å². The summed E-state index contributed by atoms with van der Waals surface area (Å²) in [6.45, 7) is 0.510. The molecular weight excluding hydrogens is 452 g/mol. The molecule has 1 aliphatic carbocycles. The molecule has 0 N–H and O–H groups in total. The molecule has 0 spiro atoms. The molecule has 3 aromatic rings. The van der Waals surface area contributed by atoms with Crippen molar-refractivity contribution in [1.29, 1.82) is 0 Å². The Kier molecular flexibility index (Phi) is 5.01. The highest BCUT2D eigenvalue weighted by molar-refractivity contribution is 5.79. The first-order chi connectivity index (χ1) is 17.0. The molecule has 182 valence electrons. The number of hydrogen-bond donors (Lipinski definition) is 0. The van der Waals surface area contributed by atoms with E-state index < -0.39 is 5.92 Å². The van der Waals surface area contributed by atoms with Crippen LogP contribution < -0.4 is 28.3 Å². The number of fused-ring (bicyclic) bond motifs is 3. The van der Waals surface area contributed by atoms with Crippen molar-refractivity contribution in [2.24, 2.45) is 18.9 Å². The summed E-state index contributed by atoms with van der Waals surface area (Å²) in [5.41, 5.74) is 2.94. The van der Waals surface area contributed by atoms with Crippen LogP contribution in [0.4, 0.5) is 0 Å². The van der Waals surface area contributed by atoms with Crippen LogP contribution in [-0.2, 0) is 16.6 Å². The maximum atomic E-state index is 13.3. The number of ether oxygens (including phenoxy) is 6. The van der Waals surface area contributed by atoms with Crippen molar-refractivity contribution in [2.75, 3.05) is 34.7 Å². The standard InChI is InChI=1S/C26H27N2O7/c1-27-5-6-28(12-27)24-16-10-19-18(34-13-35-19)9-15(16)22(23-17(24)11-33-26(23)29)14-7-20(30-2)25(32-4)21(8-14)31-3/h5-10,12,17,22-24H,11,13H2,1-4H3/q+1/t17-,22+,23-,24+/m0/s1. The average Bonchev–Trinajstić information content (AvgIpc) is 3.60. The Hall–Kier alpha value is -3.88. The van der Waals surface area contributed by atoms with Gasteiger partial charge in [-0.3, -0.25) is 4.79 Å². The minimum atomic E-state index is -0.400. The zero-order valence-corrected chi connectivity index (χ0v) is 20.0. The van der Waals surface area contributed by atoms with E-state index in [-0.39, 0.29) is 30.6 Å². The Morgan fingerprint density at radius 3 is 2.23 bits per heavy atom. The van der Waals surface area contributed by atoms with Gasteiger partial charge >= 0.3 is 5.97 Å². The minimum absolute atomic E-state index is 0.0770. The summed E-state index contributed by atoms with van der Waals surface area (Å²) in [5.74, 6) is 1.96. The molecule has 6 rings (SSSR count). The van der Waals surface area contributed by atoms with Crippen molar-refractivity contribution in [3.8, 4) is 28.7 Å². The zero-order chi connectivity index (χ0) is 24.3. The summed E-state index contributed by atoms with van der Waals surface area (Å²) >= 11 is 0. The molecule has 1 fully saturated rings. The smallest absolute Gasteiger partial charge is 0.310 e. The largest absolute Gasteiger partial charge is 0.493 e. The number of aromatic nitrogens is 2. The number of hydrogen-bond acceptors (Lipinski definition) is 7. The third-order valence-corrected chi connectivity index (χ3v) is 7.30. The summed E-state index contributed by atoms with van der Waals surface area (Å²) < 4.78 is 38.1. The maximum Gasteiger partial charge on any atom is 0.310 e. The van der Waals surface area contributed by atoms with Gasteiger partial charge in [-0.05, 0) is 35.4 Å². The molecule has 4 atom stereocenters. The fourth-order valence-electron chi connectivity index (χ4n) is 5.83. The van der Waals surface area contributed by atoms with Crippen molar-refractivity contribution in [3.05, 3.63) is 59.7 Å². The number of nitrogens with zero attached hydrogens (tertiary/aromatic N) is 2. The predicted octanol–water partition coefficient (Wildman–Crippen LogP) is 2.59. The van der Waals surface area contributed by atoms with Gasteiger partial charge < -0.3 is 28.4 Å². The number of esters is 1. The molecule has 9 heteroatoms. The fourth-order valence-corrected chi connectivity index (χ4v) is 5.83. The van der Waals surface area contributed by atoms with Crippen LogP contribution in [0.2, 0.25) is 0 Å². The number of carbonyl (C=O) groups excluding carboxylic acids is 1. The number of methoxy groups -OCH3 is 3. The molecule has 0 unspecified atom stereocenters. The normalized spacial score (nSPS) is 23.9. The molecule has 2 aromatic carbocycles. The van der Waals surface area contributed by atoms with E-state index in [1.807, 2.05) is 54.6 Å². The average molecular weight is 480 g/mol. The van der Waals surface area contributed by atoms with Gasteiger partial charge in [-0.2, -0.15) is 0 Å². The Labute approximate surface area is 202 Å². The predicted molar refractivity (Wildman–Crippen MR) is 122 cm³/mol. The van der Waals surface area contributed by atoms with Crippen molar-refractivity contribution in [3.63, 3.8) is 0 Å². The van der Waals surface area contributed by atoms with E-state index in [0.717, 1.165) is 16.7 Å². The second-order valence-electron chi connectivity index (χ2n) is 9.06. The second kappa shape index (κ2) is 8.11. The molecule has 1 aromatic heterocycles. The van der Waals surface area contributed by atoms with Crippen molar-refractivity contribution < 1.29 is 37.8 Å². The van der Waals surface area contributed by atoms with Crippen LogP contribution in [0.15, 0.2) is 43.0 Å². The van der Waals surface area contributed by atoms with Gasteiger partial charge in [0.05, 0.1) is 46.8 Å². The van der Waals surface area contributed by atoms with Gasteiger partial charge in [-0.1, -0.05) is 0 Å². The van der Waals surface area contributed by atoms with Gasteiger partial charge in [0, 0.05) is 11.5 Å². The Morgan fingerprint density at radius 2 is 1.63 bits per heavy atom. The monoisotopic (exact) mass is 479 g/mol. The van der Waals surface area contributed by atoms with Crippen LogP contribution >= 0.6 is 0 Å². The molecule has 3 aliphatic rings. The van der Waals surface area contributed by atoms with Crippen LogP contribution in [0.25, 0.3) is 0 Å². The molecule has 0 saturated carbocycles. The van der Waals surface area contributed by atoms with E-state index in [9.17, 15) is 4.79 Å². The Balaban J connectivity index is 1.61. The molecule has 0 amide bonds. The number of benzene rings is 2. The molecule has 0 radical (unpaired) electrons. The minimum Gasteiger partial charge on any atom is -0.493 e. The van der Waals surface area contributed by atoms with Crippen molar-refractivity contribution in [1.82, 2.24) is 4.57 Å². The van der Waals surface area contributed by atoms with Crippen molar-refractivity contribution >= 4 is 5.97 Å². The van der Waals surface area contributed by atoms with E-state index in [2.05, 4.69) is 4.57 Å². The number of cyclic esters (lactones) is 1. The highest BCUT2D eigenvalue weighted by Gasteiger charge is 2.54. The van der Waals surface area contributed by atoms with Gasteiger partial charge in [-0.25, -0.2) is 9.13 Å². The first-order valence-corrected chi connectivity index (χ1v) is 11.5. The van der Waals surface area contributed by atoms with E-state index in [1.54, 1.807) is 21.3 Å². The molecule has 2 aliphatic heterocycles. The lowest BCUT2D eigenvalue weighted by molar-refractivity contribution is -0.671. The topological polar surface area (TPSA) is 81.3 Å². The lowest BCUT2D eigenvalue weighted by Crippen LogP contribution is -2.38. The maximum absolute atomic E-state index is 13.3. The summed E-state index contributed by atoms with van der Waals surface area (Å²) in [6, 6.07) is 7.78. The molecule has 0 bridgehead atoms. The molecular formula is C26H27N2O7+. The Bertz CT molecular complexity index is 1290. The highest BCUT2D eigenvalue weighted by atomic mass is 16.7. The van der Waals surface area contributed by atoms with Crippen LogP contribution in [0.1, 0.15) is 28.7 Å². The second-order valence-corrected chi connectivity index (χ2v) is 9.06. The van der Waals surface area contributed by atoms with Gasteiger partial charge in [-0.15, -0.1) is 0 Å². The third kappa shape index (κ3) is 3.21. The zero-order valence-electron chi connectivity index (χ0n) is 20.0. The van der Waals surface area contributed by atoms with Gasteiger partial charge in [0.1, 0.15) is 18.4 Å². The molecule has 1 saturated heterocycles. The summed E-state index contributed by atoms with van der Waals surface area (Å²) in [5, 5.41) is 0. The summed E-state index contributed by atoms with van der Waals surface area (Å²) in [4.78, 5) is 13.3. The van der Waals surface area contributed by atoms with Crippen molar-refractivity contribution in [2.45, 2.75) is 12.0 Å². The summed E-state index contributed by atoms with van der Waals surface area (Å²) in [7, 11) is 6.72. The van der Waals surface area contributed by atoms with E-state index in [4.69, 9.17) is 28.4 Å². The van der Waals surface area contributed by atoms with Crippen LogP contribution in [-0.4, -0.2) is 45.3 Å². The van der Waals surface area contributed by atoms with Crippen LogP contribution in [0, 0.1) is 11.8 Å². The van der Waals surface area contributed by atoms with Gasteiger partial charge in [0.25, 0.3) is 0 Å². The van der Waals surface area contributed by atoms with Gasteiger partial charge in [0.15, 0.2) is 23.0 Å². The lowest BCUT2D eigenvalue weighted by atomic mass is 9.65. The first kappa shape index (κ1) is 21.6. The molecule has 3 heterocycles.